The Morgan fingerprint density at radius 2 is 2.17 bits per heavy atom. The highest BCUT2D eigenvalue weighted by Crippen LogP contribution is 2.15. The maximum absolute atomic E-state index is 11.8. The average molecular weight is 280 g/mol. The number of carbonyl (C=O) groups excluding carboxylic acids is 1. The molecule has 18 heavy (non-hydrogen) atoms. The molecule has 0 aromatic carbocycles. The average Bonchev–Trinajstić information content (AvgIpc) is 2.21. The molecule has 1 heterocycles. The van der Waals surface area contributed by atoms with Crippen molar-refractivity contribution in [2.24, 2.45) is 0 Å². The van der Waals surface area contributed by atoms with Crippen molar-refractivity contribution >= 4 is 23.5 Å². The first-order valence-corrected chi connectivity index (χ1v) is 5.82. The number of halogens is 3. The molecule has 9 heteroatoms. The van der Waals surface area contributed by atoms with E-state index in [9.17, 15) is 18.0 Å². The van der Waals surface area contributed by atoms with E-state index in [2.05, 4.69) is 9.97 Å². The predicted octanol–water partition coefficient (Wildman–Crippen LogP) is 1.14. The van der Waals surface area contributed by atoms with Crippen molar-refractivity contribution in [1.29, 1.82) is 0 Å². The summed E-state index contributed by atoms with van der Waals surface area (Å²) in [5, 5.41) is 2.01. The number of hydrogen-bond donors (Lipinski definition) is 2. The third-order valence-corrected chi connectivity index (χ3v) is 2.52. The molecule has 3 N–H and O–H groups in total. The molecule has 0 aliphatic heterocycles. The number of amides is 1. The van der Waals surface area contributed by atoms with Crippen molar-refractivity contribution in [2.45, 2.75) is 18.3 Å². The van der Waals surface area contributed by atoms with E-state index < -0.39 is 18.6 Å². The van der Waals surface area contributed by atoms with Crippen LogP contribution in [0.4, 0.5) is 19.0 Å². The second-order valence-electron chi connectivity index (χ2n) is 3.40. The minimum atomic E-state index is -4.41. The number of anilines is 1. The highest BCUT2D eigenvalue weighted by atomic mass is 32.2. The number of aromatic nitrogens is 2. The van der Waals surface area contributed by atoms with Gasteiger partial charge in [-0.15, -0.1) is 0 Å². The second-order valence-corrected chi connectivity index (χ2v) is 4.34. The molecule has 0 saturated heterocycles. The van der Waals surface area contributed by atoms with Crippen molar-refractivity contribution in [3.8, 4) is 0 Å². The number of carbonyl (C=O) groups is 1. The van der Waals surface area contributed by atoms with Gasteiger partial charge in [0.2, 0.25) is 5.91 Å². The summed E-state index contributed by atoms with van der Waals surface area (Å²) in [6, 6.07) is 1.55. The van der Waals surface area contributed by atoms with Crippen molar-refractivity contribution in [1.82, 2.24) is 15.3 Å². The Morgan fingerprint density at radius 1 is 1.50 bits per heavy atom. The highest BCUT2D eigenvalue weighted by molar-refractivity contribution is 7.99. The number of thioether (sulfide) groups is 1. The van der Waals surface area contributed by atoms with Gasteiger partial charge in [0.25, 0.3) is 0 Å². The third kappa shape index (κ3) is 5.71. The summed E-state index contributed by atoms with van der Waals surface area (Å²) >= 11 is 0.926. The fraction of sp³-hybridized carbons (Fsp3) is 0.444. The van der Waals surface area contributed by atoms with Crippen LogP contribution in [-0.2, 0) is 4.79 Å². The van der Waals surface area contributed by atoms with Crippen LogP contribution in [0, 0.1) is 6.92 Å². The van der Waals surface area contributed by atoms with Crippen molar-refractivity contribution in [2.75, 3.05) is 18.0 Å². The van der Waals surface area contributed by atoms with Gasteiger partial charge in [-0.3, -0.25) is 4.79 Å². The van der Waals surface area contributed by atoms with E-state index in [4.69, 9.17) is 5.73 Å². The number of alkyl halides is 3. The molecule has 0 atom stereocenters. The van der Waals surface area contributed by atoms with Gasteiger partial charge in [0, 0.05) is 11.8 Å². The first-order chi connectivity index (χ1) is 8.26. The van der Waals surface area contributed by atoms with Crippen LogP contribution in [0.3, 0.4) is 0 Å². The van der Waals surface area contributed by atoms with Crippen molar-refractivity contribution in [3.05, 3.63) is 11.8 Å². The fourth-order valence-electron chi connectivity index (χ4n) is 1.01. The Hall–Kier alpha value is -1.51. The Kier molecular flexibility index (Phi) is 4.76. The van der Waals surface area contributed by atoms with E-state index >= 15 is 0 Å². The van der Waals surface area contributed by atoms with Gasteiger partial charge in [-0.2, -0.15) is 13.2 Å². The van der Waals surface area contributed by atoms with Crippen LogP contribution in [-0.4, -0.2) is 34.3 Å². The summed E-state index contributed by atoms with van der Waals surface area (Å²) in [7, 11) is 0. The maximum Gasteiger partial charge on any atom is 0.405 e. The summed E-state index contributed by atoms with van der Waals surface area (Å²) < 4.78 is 35.5. The molecule has 0 unspecified atom stereocenters. The largest absolute Gasteiger partial charge is 0.405 e. The summed E-state index contributed by atoms with van der Waals surface area (Å²) in [6.45, 7) is 0.356. The van der Waals surface area contributed by atoms with Gasteiger partial charge in [0.05, 0.1) is 5.75 Å². The summed E-state index contributed by atoms with van der Waals surface area (Å²) in [6.07, 6.45) is -4.41. The number of nitrogens with zero attached hydrogens (tertiary/aromatic N) is 2. The van der Waals surface area contributed by atoms with Crippen LogP contribution in [0.25, 0.3) is 0 Å². The molecular formula is C9H11F3N4OS. The molecule has 0 aliphatic rings. The Bertz CT molecular complexity index is 418. The predicted molar refractivity (Wildman–Crippen MR) is 61.0 cm³/mol. The number of aryl methyl sites for hydroxylation is 1. The highest BCUT2D eigenvalue weighted by Gasteiger charge is 2.27. The molecule has 0 fully saturated rings. The standard InChI is InChI=1S/C9H11F3N4OS/c1-5-2-6(13)16-8(15-5)18-3-7(17)14-4-9(10,11)12/h2H,3-4H2,1H3,(H,14,17)(H2,13,15,16). The van der Waals surface area contributed by atoms with Crippen molar-refractivity contribution < 1.29 is 18.0 Å². The second kappa shape index (κ2) is 5.89. The number of rotatable bonds is 4. The molecule has 1 aromatic heterocycles. The molecule has 0 saturated carbocycles. The van der Waals surface area contributed by atoms with E-state index in [1.54, 1.807) is 18.3 Å². The first kappa shape index (κ1) is 14.6. The third-order valence-electron chi connectivity index (χ3n) is 1.67. The monoisotopic (exact) mass is 280 g/mol. The normalized spacial score (nSPS) is 11.3. The van der Waals surface area contributed by atoms with E-state index in [0.29, 0.717) is 5.69 Å². The number of nitrogen functional groups attached to an aromatic ring is 1. The van der Waals surface area contributed by atoms with Gasteiger partial charge in [-0.25, -0.2) is 9.97 Å². The van der Waals surface area contributed by atoms with E-state index in [1.807, 2.05) is 0 Å². The maximum atomic E-state index is 11.8. The Labute approximate surface area is 105 Å². The lowest BCUT2D eigenvalue weighted by Crippen LogP contribution is -2.34. The number of hydrogen-bond acceptors (Lipinski definition) is 5. The SMILES string of the molecule is Cc1cc(N)nc(SCC(=O)NCC(F)(F)F)n1. The smallest absolute Gasteiger partial charge is 0.384 e. The molecule has 1 rings (SSSR count). The number of nitrogens with one attached hydrogen (secondary N) is 1. The van der Waals surface area contributed by atoms with Gasteiger partial charge >= 0.3 is 6.18 Å². The molecule has 100 valence electrons. The van der Waals surface area contributed by atoms with Crippen molar-refractivity contribution in [3.63, 3.8) is 0 Å². The summed E-state index contributed by atoms with van der Waals surface area (Å²) in [4.78, 5) is 18.9. The molecular weight excluding hydrogens is 269 g/mol. The van der Waals surface area contributed by atoms with Crippen LogP contribution in [0.2, 0.25) is 0 Å². The van der Waals surface area contributed by atoms with Gasteiger partial charge in [-0.05, 0) is 6.92 Å². The Morgan fingerprint density at radius 3 is 2.72 bits per heavy atom. The lowest BCUT2D eigenvalue weighted by Gasteiger charge is -2.07. The van der Waals surface area contributed by atoms with Gasteiger partial charge in [0.1, 0.15) is 12.4 Å². The molecule has 0 aliphatic carbocycles. The molecule has 0 bridgehead atoms. The molecule has 1 amide bonds. The Balaban J connectivity index is 2.43. The van der Waals surface area contributed by atoms with Crippen LogP contribution in [0.5, 0.6) is 0 Å². The van der Waals surface area contributed by atoms with Crippen LogP contribution >= 0.6 is 11.8 Å². The van der Waals surface area contributed by atoms with Gasteiger partial charge < -0.3 is 11.1 Å². The molecule has 1 aromatic rings. The van der Waals surface area contributed by atoms with Crippen LogP contribution in [0.15, 0.2) is 11.2 Å². The lowest BCUT2D eigenvalue weighted by atomic mass is 10.4. The topological polar surface area (TPSA) is 80.9 Å². The summed E-state index contributed by atoms with van der Waals surface area (Å²) in [5.74, 6) is -0.680. The first-order valence-electron chi connectivity index (χ1n) is 4.83. The zero-order valence-electron chi connectivity index (χ0n) is 9.41. The van der Waals surface area contributed by atoms with Crippen LogP contribution < -0.4 is 11.1 Å². The molecule has 0 radical (unpaired) electrons. The summed E-state index contributed by atoms with van der Waals surface area (Å²) in [5.41, 5.74) is 6.09. The minimum Gasteiger partial charge on any atom is -0.384 e. The number of nitrogens with two attached hydrogens (primary N) is 1. The quantitative estimate of drug-likeness (QED) is 0.638. The molecule has 5 nitrogen and oxygen atoms in total. The fourth-order valence-corrected chi connectivity index (χ4v) is 1.75. The molecule has 0 spiro atoms. The van der Waals surface area contributed by atoms with Gasteiger partial charge in [-0.1, -0.05) is 11.8 Å². The van der Waals surface area contributed by atoms with E-state index in [0.717, 1.165) is 11.8 Å². The minimum absolute atomic E-state index is 0.195. The zero-order chi connectivity index (χ0) is 13.8. The van der Waals surface area contributed by atoms with Crippen LogP contribution in [0.1, 0.15) is 5.69 Å². The van der Waals surface area contributed by atoms with E-state index in [-0.39, 0.29) is 16.7 Å². The van der Waals surface area contributed by atoms with E-state index in [1.165, 1.54) is 0 Å². The zero-order valence-corrected chi connectivity index (χ0v) is 10.2. The van der Waals surface area contributed by atoms with Gasteiger partial charge in [0.15, 0.2) is 5.16 Å². The lowest BCUT2D eigenvalue weighted by molar-refractivity contribution is -0.136.